The van der Waals surface area contributed by atoms with Crippen LogP contribution in [-0.2, 0) is 16.1 Å². The van der Waals surface area contributed by atoms with Crippen molar-refractivity contribution >= 4 is 35.8 Å². The fourth-order valence-electron chi connectivity index (χ4n) is 2.42. The third-order valence-corrected chi connectivity index (χ3v) is 4.02. The van der Waals surface area contributed by atoms with Crippen LogP contribution in [0.3, 0.4) is 0 Å². The predicted molar refractivity (Wildman–Crippen MR) is 114 cm³/mol. The summed E-state index contributed by atoms with van der Waals surface area (Å²) in [7, 11) is 3.46. The van der Waals surface area contributed by atoms with E-state index in [9.17, 15) is 4.79 Å². The zero-order valence-corrected chi connectivity index (χ0v) is 18.5. The van der Waals surface area contributed by atoms with Gasteiger partial charge in [0, 0.05) is 59.6 Å². The molecule has 0 spiro atoms. The fraction of sp³-hybridized carbons (Fsp3) is 0.750. The first-order valence-electron chi connectivity index (χ1n) is 9.01. The summed E-state index contributed by atoms with van der Waals surface area (Å²) in [4.78, 5) is 20.1. The molecule has 0 bridgehead atoms. The van der Waals surface area contributed by atoms with Crippen molar-refractivity contribution in [3.8, 4) is 0 Å². The summed E-state index contributed by atoms with van der Waals surface area (Å²) in [6.07, 6.45) is 4.39. The highest BCUT2D eigenvalue weighted by atomic mass is 127. The number of guanidine groups is 1. The quantitative estimate of drug-likeness (QED) is 0.202. The first kappa shape index (κ1) is 23.6. The topological polar surface area (TPSA) is 99.9 Å². The lowest BCUT2D eigenvalue weighted by atomic mass is 10.4. The van der Waals surface area contributed by atoms with Gasteiger partial charge in [-0.1, -0.05) is 5.21 Å². The Morgan fingerprint density at radius 1 is 1.22 bits per heavy atom. The molecule has 27 heavy (non-hydrogen) atoms. The van der Waals surface area contributed by atoms with Crippen LogP contribution in [0, 0.1) is 0 Å². The molecule has 0 atom stereocenters. The van der Waals surface area contributed by atoms with Crippen molar-refractivity contribution in [3.63, 3.8) is 0 Å². The number of hydrogen-bond acceptors (Lipinski definition) is 6. The summed E-state index contributed by atoms with van der Waals surface area (Å²) in [5.74, 6) is 0.633. The van der Waals surface area contributed by atoms with Gasteiger partial charge in [0.05, 0.1) is 19.4 Å². The van der Waals surface area contributed by atoms with Crippen molar-refractivity contribution < 1.29 is 9.53 Å². The Balaban J connectivity index is 0.00000364. The van der Waals surface area contributed by atoms with E-state index >= 15 is 0 Å². The van der Waals surface area contributed by atoms with Crippen LogP contribution in [0.2, 0.25) is 0 Å². The van der Waals surface area contributed by atoms with Crippen LogP contribution >= 0.6 is 24.0 Å². The van der Waals surface area contributed by atoms with E-state index in [0.717, 1.165) is 58.9 Å². The van der Waals surface area contributed by atoms with E-state index in [1.165, 1.54) is 0 Å². The van der Waals surface area contributed by atoms with Gasteiger partial charge in [-0.05, 0) is 6.42 Å². The molecule has 11 heteroatoms. The van der Waals surface area contributed by atoms with Gasteiger partial charge in [0.25, 0.3) is 0 Å². The van der Waals surface area contributed by atoms with Crippen LogP contribution in [0.15, 0.2) is 17.4 Å². The van der Waals surface area contributed by atoms with Gasteiger partial charge >= 0.3 is 0 Å². The number of hydrogen-bond donors (Lipinski definition) is 2. The van der Waals surface area contributed by atoms with Gasteiger partial charge in [0.1, 0.15) is 6.54 Å². The van der Waals surface area contributed by atoms with Crippen molar-refractivity contribution in [1.29, 1.82) is 0 Å². The van der Waals surface area contributed by atoms with Gasteiger partial charge in [0.2, 0.25) is 5.91 Å². The molecule has 10 nitrogen and oxygen atoms in total. The van der Waals surface area contributed by atoms with Crippen LogP contribution in [0.5, 0.6) is 0 Å². The highest BCUT2D eigenvalue weighted by molar-refractivity contribution is 14.0. The van der Waals surface area contributed by atoms with Gasteiger partial charge in [-0.3, -0.25) is 14.4 Å². The predicted octanol–water partition coefficient (Wildman–Crippen LogP) is -0.758. The van der Waals surface area contributed by atoms with Crippen LogP contribution in [0.1, 0.15) is 6.42 Å². The average Bonchev–Trinajstić information content (AvgIpc) is 3.16. The maximum absolute atomic E-state index is 11.8. The Hall–Kier alpha value is -1.47. The molecule has 1 aromatic heterocycles. The molecule has 0 unspecified atom stereocenters. The van der Waals surface area contributed by atoms with E-state index in [2.05, 4.69) is 30.8 Å². The molecule has 0 aromatic carbocycles. The van der Waals surface area contributed by atoms with E-state index in [1.54, 1.807) is 29.9 Å². The SMILES string of the molecule is CN(C)C(=O)CN=C(NCCCn1ccnn1)NCCN1CCOCC1.I. The number of ether oxygens (including phenoxy) is 1. The number of carbonyl (C=O) groups is 1. The third kappa shape index (κ3) is 9.86. The minimum absolute atomic E-state index is 0. The van der Waals surface area contributed by atoms with Gasteiger partial charge in [-0.15, -0.1) is 29.1 Å². The smallest absolute Gasteiger partial charge is 0.243 e. The number of aryl methyl sites for hydroxylation is 1. The number of nitrogens with zero attached hydrogens (tertiary/aromatic N) is 6. The molecule has 2 N–H and O–H groups in total. The molecule has 0 saturated carbocycles. The van der Waals surface area contributed by atoms with E-state index in [0.29, 0.717) is 5.96 Å². The Morgan fingerprint density at radius 2 is 1.96 bits per heavy atom. The van der Waals surface area contributed by atoms with Crippen molar-refractivity contribution in [2.75, 3.05) is 66.6 Å². The zero-order chi connectivity index (χ0) is 18.6. The Bertz CT molecular complexity index is 547. The minimum Gasteiger partial charge on any atom is -0.379 e. The maximum atomic E-state index is 11.8. The summed E-state index contributed by atoms with van der Waals surface area (Å²) >= 11 is 0. The fourth-order valence-corrected chi connectivity index (χ4v) is 2.42. The van der Waals surface area contributed by atoms with Crippen LogP contribution in [0.4, 0.5) is 0 Å². The number of halogens is 1. The van der Waals surface area contributed by atoms with Crippen LogP contribution in [-0.4, -0.2) is 103 Å². The van der Waals surface area contributed by atoms with E-state index in [-0.39, 0.29) is 36.4 Å². The lowest BCUT2D eigenvalue weighted by Crippen LogP contribution is -2.45. The van der Waals surface area contributed by atoms with Crippen LogP contribution in [0.25, 0.3) is 0 Å². The molecule has 1 aliphatic rings. The third-order valence-electron chi connectivity index (χ3n) is 4.02. The van der Waals surface area contributed by atoms with Crippen molar-refractivity contribution in [2.24, 2.45) is 4.99 Å². The van der Waals surface area contributed by atoms with Gasteiger partial charge in [-0.2, -0.15) is 0 Å². The maximum Gasteiger partial charge on any atom is 0.243 e. The van der Waals surface area contributed by atoms with Crippen molar-refractivity contribution in [1.82, 2.24) is 35.4 Å². The first-order valence-corrected chi connectivity index (χ1v) is 9.01. The molecular formula is C16H31IN8O2. The number of aromatic nitrogens is 3. The Kier molecular flexibility index (Phi) is 11.9. The van der Waals surface area contributed by atoms with Crippen molar-refractivity contribution in [3.05, 3.63) is 12.4 Å². The summed E-state index contributed by atoms with van der Waals surface area (Å²) in [6, 6.07) is 0. The van der Waals surface area contributed by atoms with Gasteiger partial charge in [-0.25, -0.2) is 4.99 Å². The second-order valence-electron chi connectivity index (χ2n) is 6.28. The van der Waals surface area contributed by atoms with E-state index < -0.39 is 0 Å². The van der Waals surface area contributed by atoms with E-state index in [1.807, 2.05) is 6.20 Å². The number of amides is 1. The summed E-state index contributed by atoms with van der Waals surface area (Å²) < 4.78 is 7.15. The van der Waals surface area contributed by atoms with Crippen molar-refractivity contribution in [2.45, 2.75) is 13.0 Å². The number of nitrogens with one attached hydrogen (secondary N) is 2. The molecular weight excluding hydrogens is 463 g/mol. The van der Waals surface area contributed by atoms with E-state index in [4.69, 9.17) is 4.74 Å². The lowest BCUT2D eigenvalue weighted by molar-refractivity contribution is -0.127. The molecule has 2 heterocycles. The first-order chi connectivity index (χ1) is 12.6. The second-order valence-corrected chi connectivity index (χ2v) is 6.28. The number of aliphatic imine (C=N–C) groups is 1. The minimum atomic E-state index is -0.0260. The monoisotopic (exact) mass is 494 g/mol. The largest absolute Gasteiger partial charge is 0.379 e. The number of likely N-dealkylation sites (N-methyl/N-ethyl adjacent to an activating group) is 1. The number of morpholine rings is 1. The molecule has 0 radical (unpaired) electrons. The Labute approximate surface area is 177 Å². The average molecular weight is 494 g/mol. The van der Waals surface area contributed by atoms with Gasteiger partial charge in [0.15, 0.2) is 5.96 Å². The zero-order valence-electron chi connectivity index (χ0n) is 16.1. The highest BCUT2D eigenvalue weighted by Gasteiger charge is 2.10. The molecule has 1 amide bonds. The molecule has 1 aliphatic heterocycles. The van der Waals surface area contributed by atoms with Crippen LogP contribution < -0.4 is 10.6 Å². The number of rotatable bonds is 9. The molecule has 1 saturated heterocycles. The standard InChI is InChI=1S/C16H30N8O2.HI/c1-22(2)15(25)14-19-16(17-4-3-7-24-9-6-20-21-24)18-5-8-23-10-12-26-13-11-23;/h6,9H,3-5,7-8,10-14H2,1-2H3,(H2,17,18,19);1H. The molecule has 154 valence electrons. The second kappa shape index (κ2) is 13.7. The van der Waals surface area contributed by atoms with Gasteiger partial charge < -0.3 is 20.3 Å². The molecule has 0 aliphatic carbocycles. The lowest BCUT2D eigenvalue weighted by Gasteiger charge is -2.26. The summed E-state index contributed by atoms with van der Waals surface area (Å²) in [6.45, 7) is 6.83. The highest BCUT2D eigenvalue weighted by Crippen LogP contribution is 1.94. The number of carbonyl (C=O) groups excluding carboxylic acids is 1. The summed E-state index contributed by atoms with van der Waals surface area (Å²) in [5.41, 5.74) is 0. The summed E-state index contributed by atoms with van der Waals surface area (Å²) in [5, 5.41) is 14.3. The normalized spacial score (nSPS) is 15.1. The molecule has 1 fully saturated rings. The molecule has 1 aromatic rings. The molecule has 2 rings (SSSR count). The Morgan fingerprint density at radius 3 is 2.63 bits per heavy atom.